The summed E-state index contributed by atoms with van der Waals surface area (Å²) < 4.78 is 0. The second-order valence-electron chi connectivity index (χ2n) is 6.99. The van der Waals surface area contributed by atoms with Crippen LogP contribution in [0.15, 0.2) is 47.3 Å². The molecule has 0 radical (unpaired) electrons. The van der Waals surface area contributed by atoms with Gasteiger partial charge in [0.15, 0.2) is 5.82 Å². The zero-order valence-corrected chi connectivity index (χ0v) is 16.6. The lowest BCUT2D eigenvalue weighted by Crippen LogP contribution is -2.33. The quantitative estimate of drug-likeness (QED) is 0.526. The van der Waals surface area contributed by atoms with E-state index in [1.807, 2.05) is 25.1 Å². The van der Waals surface area contributed by atoms with Crippen molar-refractivity contribution in [3.05, 3.63) is 64.1 Å². The van der Waals surface area contributed by atoms with E-state index in [-0.39, 0.29) is 11.6 Å². The first-order chi connectivity index (χ1) is 14.5. The molecule has 2 amide bonds. The van der Waals surface area contributed by atoms with Crippen molar-refractivity contribution in [1.82, 2.24) is 20.3 Å². The summed E-state index contributed by atoms with van der Waals surface area (Å²) in [4.78, 5) is 37.4. The highest BCUT2D eigenvalue weighted by atomic mass is 16.2. The van der Waals surface area contributed by atoms with Crippen LogP contribution >= 0.6 is 0 Å². The minimum Gasteiger partial charge on any atom is -0.383 e. The van der Waals surface area contributed by atoms with Gasteiger partial charge in [-0.05, 0) is 43.7 Å². The third-order valence-electron chi connectivity index (χ3n) is 4.93. The summed E-state index contributed by atoms with van der Waals surface area (Å²) >= 11 is 0. The van der Waals surface area contributed by atoms with Crippen molar-refractivity contribution in [3.8, 4) is 11.4 Å². The van der Waals surface area contributed by atoms with Crippen LogP contribution < -0.4 is 26.8 Å². The SMILES string of the molecule is CCNC(=O)Nc1ccc(-c2nc(N)c3c(n2)CN(c2cccc(=O)[nH]2)CC3)cc1. The Morgan fingerprint density at radius 2 is 2.00 bits per heavy atom. The van der Waals surface area contributed by atoms with Crippen molar-refractivity contribution in [3.63, 3.8) is 0 Å². The Labute approximate surface area is 173 Å². The van der Waals surface area contributed by atoms with E-state index in [1.165, 1.54) is 6.07 Å². The van der Waals surface area contributed by atoms with Crippen LogP contribution in [-0.4, -0.2) is 34.1 Å². The van der Waals surface area contributed by atoms with E-state index in [2.05, 4.69) is 25.5 Å². The lowest BCUT2D eigenvalue weighted by molar-refractivity contribution is 0.252. The molecule has 0 spiro atoms. The molecule has 0 atom stereocenters. The van der Waals surface area contributed by atoms with E-state index in [0.29, 0.717) is 36.8 Å². The molecule has 4 rings (SSSR count). The van der Waals surface area contributed by atoms with Gasteiger partial charge in [0, 0.05) is 36.0 Å². The Morgan fingerprint density at radius 1 is 1.20 bits per heavy atom. The molecule has 9 nitrogen and oxygen atoms in total. The smallest absolute Gasteiger partial charge is 0.319 e. The molecular weight excluding hydrogens is 382 g/mol. The fraction of sp³-hybridized carbons (Fsp3) is 0.238. The molecule has 0 fully saturated rings. The molecule has 1 aliphatic heterocycles. The molecule has 1 aliphatic rings. The maximum atomic E-state index is 11.7. The predicted molar refractivity (Wildman–Crippen MR) is 116 cm³/mol. The van der Waals surface area contributed by atoms with Crippen LogP contribution in [0.1, 0.15) is 18.2 Å². The van der Waals surface area contributed by atoms with E-state index in [4.69, 9.17) is 10.7 Å². The monoisotopic (exact) mass is 405 g/mol. The second kappa shape index (κ2) is 8.24. The van der Waals surface area contributed by atoms with Crippen molar-refractivity contribution in [2.24, 2.45) is 0 Å². The fourth-order valence-corrected chi connectivity index (χ4v) is 3.45. The van der Waals surface area contributed by atoms with E-state index in [0.717, 1.165) is 29.2 Å². The molecule has 30 heavy (non-hydrogen) atoms. The molecule has 5 N–H and O–H groups in total. The number of hydrogen-bond acceptors (Lipinski definition) is 6. The number of nitrogens with two attached hydrogens (primary N) is 1. The van der Waals surface area contributed by atoms with Gasteiger partial charge >= 0.3 is 6.03 Å². The van der Waals surface area contributed by atoms with Gasteiger partial charge in [-0.1, -0.05) is 6.07 Å². The number of nitrogens with zero attached hydrogens (tertiary/aromatic N) is 3. The summed E-state index contributed by atoms with van der Waals surface area (Å²) in [5.41, 5.74) is 9.36. The number of urea groups is 1. The minimum absolute atomic E-state index is 0.137. The largest absolute Gasteiger partial charge is 0.383 e. The molecular formula is C21H23N7O2. The standard InChI is InChI=1S/C21H23N7O2/c1-2-23-21(30)24-14-8-6-13(7-9-14)20-25-16-12-28(11-10-15(16)19(22)27-20)17-4-3-5-18(29)26-17/h3-9H,2,10-12H2,1H3,(H,26,29)(H2,22,25,27)(H2,23,24,30). The predicted octanol–water partition coefficient (Wildman–Crippen LogP) is 2.12. The van der Waals surface area contributed by atoms with Gasteiger partial charge in [0.25, 0.3) is 0 Å². The van der Waals surface area contributed by atoms with Crippen molar-refractivity contribution < 1.29 is 4.79 Å². The summed E-state index contributed by atoms with van der Waals surface area (Å²) in [5, 5.41) is 5.45. The van der Waals surface area contributed by atoms with E-state index in [9.17, 15) is 9.59 Å². The number of hydrogen-bond donors (Lipinski definition) is 4. The number of carbonyl (C=O) groups excluding carboxylic acids is 1. The van der Waals surface area contributed by atoms with Crippen LogP contribution in [0.3, 0.4) is 0 Å². The molecule has 0 bridgehead atoms. The summed E-state index contributed by atoms with van der Waals surface area (Å²) in [6, 6.07) is 12.1. The normalized spacial score (nSPS) is 12.9. The van der Waals surface area contributed by atoms with Gasteiger partial charge in [0.05, 0.1) is 12.2 Å². The summed E-state index contributed by atoms with van der Waals surface area (Å²) in [6.07, 6.45) is 0.702. The molecule has 0 aliphatic carbocycles. The molecule has 0 unspecified atom stereocenters. The average molecular weight is 405 g/mol. The number of amides is 2. The van der Waals surface area contributed by atoms with Crippen LogP contribution in [0.5, 0.6) is 0 Å². The Kier molecular flexibility index (Phi) is 5.34. The first-order valence-corrected chi connectivity index (χ1v) is 9.78. The number of rotatable bonds is 4. The Balaban J connectivity index is 1.58. The van der Waals surface area contributed by atoms with Crippen molar-refractivity contribution in [1.29, 1.82) is 0 Å². The highest BCUT2D eigenvalue weighted by Crippen LogP contribution is 2.27. The number of H-pyrrole nitrogens is 1. The lowest BCUT2D eigenvalue weighted by atomic mass is 10.0. The highest BCUT2D eigenvalue weighted by molar-refractivity contribution is 5.89. The minimum atomic E-state index is -0.251. The molecule has 0 saturated heterocycles. The third-order valence-corrected chi connectivity index (χ3v) is 4.93. The summed E-state index contributed by atoms with van der Waals surface area (Å²) in [7, 11) is 0. The van der Waals surface area contributed by atoms with Crippen molar-refractivity contribution in [2.45, 2.75) is 19.9 Å². The first kappa shape index (κ1) is 19.4. The number of carbonyl (C=O) groups is 1. The molecule has 3 heterocycles. The molecule has 3 aromatic rings. The number of benzene rings is 1. The Hall–Kier alpha value is -3.88. The van der Waals surface area contributed by atoms with Gasteiger partial charge in [-0.25, -0.2) is 14.8 Å². The first-order valence-electron chi connectivity index (χ1n) is 9.78. The zero-order chi connectivity index (χ0) is 21.1. The van der Waals surface area contributed by atoms with E-state index >= 15 is 0 Å². The van der Waals surface area contributed by atoms with Crippen LogP contribution in [0.4, 0.5) is 22.1 Å². The molecule has 0 saturated carbocycles. The maximum Gasteiger partial charge on any atom is 0.319 e. The highest BCUT2D eigenvalue weighted by Gasteiger charge is 2.22. The summed E-state index contributed by atoms with van der Waals surface area (Å²) in [6.45, 7) is 3.67. The molecule has 154 valence electrons. The number of nitrogen functional groups attached to an aromatic ring is 1. The number of aromatic nitrogens is 3. The van der Waals surface area contributed by atoms with Gasteiger partial charge in [-0.15, -0.1) is 0 Å². The zero-order valence-electron chi connectivity index (χ0n) is 16.6. The van der Waals surface area contributed by atoms with Crippen LogP contribution in [0, 0.1) is 0 Å². The van der Waals surface area contributed by atoms with Crippen molar-refractivity contribution in [2.75, 3.05) is 29.0 Å². The van der Waals surface area contributed by atoms with Gasteiger partial charge in [0.1, 0.15) is 11.6 Å². The van der Waals surface area contributed by atoms with E-state index < -0.39 is 0 Å². The average Bonchev–Trinajstić information content (AvgIpc) is 2.74. The number of anilines is 3. The van der Waals surface area contributed by atoms with Gasteiger partial charge in [-0.2, -0.15) is 0 Å². The molecule has 1 aromatic carbocycles. The topological polar surface area (TPSA) is 129 Å². The molecule has 2 aromatic heterocycles. The van der Waals surface area contributed by atoms with Crippen LogP contribution in [0.25, 0.3) is 11.4 Å². The number of fused-ring (bicyclic) bond motifs is 1. The van der Waals surface area contributed by atoms with Crippen molar-refractivity contribution >= 4 is 23.4 Å². The van der Waals surface area contributed by atoms with Gasteiger partial charge < -0.3 is 26.3 Å². The number of nitrogens with one attached hydrogen (secondary N) is 3. The van der Waals surface area contributed by atoms with E-state index in [1.54, 1.807) is 18.2 Å². The second-order valence-corrected chi connectivity index (χ2v) is 6.99. The third kappa shape index (κ3) is 4.09. The van der Waals surface area contributed by atoms with Gasteiger partial charge in [0.2, 0.25) is 5.56 Å². The summed E-state index contributed by atoms with van der Waals surface area (Å²) in [5.74, 6) is 1.76. The van der Waals surface area contributed by atoms with Gasteiger partial charge in [-0.3, -0.25) is 4.79 Å². The number of aromatic amines is 1. The van der Waals surface area contributed by atoms with Crippen LogP contribution in [0.2, 0.25) is 0 Å². The lowest BCUT2D eigenvalue weighted by Gasteiger charge is -2.30. The molecule has 9 heteroatoms. The fourth-order valence-electron chi connectivity index (χ4n) is 3.45. The Morgan fingerprint density at radius 3 is 2.73 bits per heavy atom. The maximum absolute atomic E-state index is 11.7. The Bertz CT molecular complexity index is 1120. The van der Waals surface area contributed by atoms with Crippen LogP contribution in [-0.2, 0) is 13.0 Å². The number of pyridine rings is 1.